The Bertz CT molecular complexity index is 861. The van der Waals surface area contributed by atoms with Crippen molar-refractivity contribution in [2.75, 3.05) is 7.11 Å². The lowest BCUT2D eigenvalue weighted by molar-refractivity contribution is 0.0734. The average Bonchev–Trinajstić information content (AvgIpc) is 2.68. The lowest BCUT2D eigenvalue weighted by atomic mass is 10.2. The van der Waals surface area contributed by atoms with Crippen molar-refractivity contribution in [2.45, 2.75) is 0 Å². The number of carbonyl (C=O) groups is 1. The number of rotatable bonds is 5. The third-order valence-corrected chi connectivity index (χ3v) is 3.32. The average molecular weight is 333 g/mol. The third kappa shape index (κ3) is 4.48. The van der Waals surface area contributed by atoms with Crippen molar-refractivity contribution in [3.63, 3.8) is 0 Å². The fourth-order valence-electron chi connectivity index (χ4n) is 2.00. The lowest BCUT2D eigenvalue weighted by Gasteiger charge is -2.04. The van der Waals surface area contributed by atoms with Gasteiger partial charge >= 0.3 is 5.97 Å². The van der Waals surface area contributed by atoms with Crippen LogP contribution in [-0.2, 0) is 0 Å². The number of nitrogens with zero attached hydrogens (tertiary/aromatic N) is 3. The molecule has 0 bridgehead atoms. The van der Waals surface area contributed by atoms with Crippen molar-refractivity contribution >= 4 is 17.3 Å². The van der Waals surface area contributed by atoms with Crippen LogP contribution < -0.4 is 9.47 Å². The van der Waals surface area contributed by atoms with Crippen LogP contribution in [0.5, 0.6) is 11.5 Å². The Morgan fingerprint density at radius 1 is 0.800 bits per heavy atom. The number of pyridine rings is 1. The highest BCUT2D eigenvalue weighted by Gasteiger charge is 2.07. The first-order valence-corrected chi connectivity index (χ1v) is 7.53. The summed E-state index contributed by atoms with van der Waals surface area (Å²) >= 11 is 0. The van der Waals surface area contributed by atoms with E-state index in [1.54, 1.807) is 55.9 Å². The van der Waals surface area contributed by atoms with Crippen LogP contribution in [0.3, 0.4) is 0 Å². The number of aromatic nitrogens is 1. The van der Waals surface area contributed by atoms with Crippen LogP contribution in [-0.4, -0.2) is 18.1 Å². The van der Waals surface area contributed by atoms with Gasteiger partial charge in [0, 0.05) is 12.4 Å². The van der Waals surface area contributed by atoms with Crippen molar-refractivity contribution < 1.29 is 14.3 Å². The molecule has 0 saturated carbocycles. The van der Waals surface area contributed by atoms with Gasteiger partial charge in [0.2, 0.25) is 0 Å². The molecular formula is C19H15N3O3. The first kappa shape index (κ1) is 16.3. The molecule has 0 aliphatic carbocycles. The van der Waals surface area contributed by atoms with Gasteiger partial charge in [0.05, 0.1) is 24.0 Å². The third-order valence-electron chi connectivity index (χ3n) is 3.32. The lowest BCUT2D eigenvalue weighted by Crippen LogP contribution is -2.08. The predicted octanol–water partition coefficient (Wildman–Crippen LogP) is 4.72. The minimum absolute atomic E-state index is 0.435. The van der Waals surface area contributed by atoms with Crippen molar-refractivity contribution in [1.82, 2.24) is 4.98 Å². The molecule has 6 heteroatoms. The molecule has 0 aliphatic rings. The standard InChI is InChI=1S/C19H15N3O3/c1-24-17-6-2-15(3-7-17)21-22-16-4-8-18(9-5-16)25-19(23)14-10-12-20-13-11-14/h2-13H,1H3. The second-order valence-electron chi connectivity index (χ2n) is 5.02. The SMILES string of the molecule is COc1ccc(N=Nc2ccc(OC(=O)c3ccncc3)cc2)cc1. The van der Waals surface area contributed by atoms with E-state index in [9.17, 15) is 4.79 Å². The van der Waals surface area contributed by atoms with E-state index < -0.39 is 5.97 Å². The van der Waals surface area contributed by atoms with Gasteiger partial charge in [-0.05, 0) is 60.7 Å². The number of esters is 1. The van der Waals surface area contributed by atoms with Crippen LogP contribution in [0.25, 0.3) is 0 Å². The second kappa shape index (κ2) is 7.83. The minimum atomic E-state index is -0.435. The first-order chi connectivity index (χ1) is 12.2. The number of azo groups is 1. The summed E-state index contributed by atoms with van der Waals surface area (Å²) in [6, 6.07) is 17.2. The van der Waals surface area contributed by atoms with E-state index in [2.05, 4.69) is 15.2 Å². The molecule has 0 radical (unpaired) electrons. The van der Waals surface area contributed by atoms with Gasteiger partial charge in [0.25, 0.3) is 0 Å². The molecule has 6 nitrogen and oxygen atoms in total. The number of carbonyl (C=O) groups excluding carboxylic acids is 1. The van der Waals surface area contributed by atoms with Crippen LogP contribution in [0.1, 0.15) is 10.4 Å². The molecule has 3 rings (SSSR count). The molecule has 124 valence electrons. The molecule has 0 saturated heterocycles. The molecule has 0 fully saturated rings. The second-order valence-corrected chi connectivity index (χ2v) is 5.02. The normalized spacial score (nSPS) is 10.6. The largest absolute Gasteiger partial charge is 0.497 e. The maximum Gasteiger partial charge on any atom is 0.343 e. The molecule has 0 amide bonds. The summed E-state index contributed by atoms with van der Waals surface area (Å²) in [6.45, 7) is 0. The molecule has 2 aromatic carbocycles. The molecule has 0 spiro atoms. The van der Waals surface area contributed by atoms with Gasteiger partial charge < -0.3 is 9.47 Å². The summed E-state index contributed by atoms with van der Waals surface area (Å²) < 4.78 is 10.4. The zero-order valence-corrected chi connectivity index (χ0v) is 13.5. The fourth-order valence-corrected chi connectivity index (χ4v) is 2.00. The van der Waals surface area contributed by atoms with Gasteiger partial charge in [-0.1, -0.05) is 0 Å². The van der Waals surface area contributed by atoms with Gasteiger partial charge in [-0.3, -0.25) is 4.98 Å². The van der Waals surface area contributed by atoms with Crippen LogP contribution in [0.2, 0.25) is 0 Å². The summed E-state index contributed by atoms with van der Waals surface area (Å²) in [4.78, 5) is 15.8. The number of hydrogen-bond donors (Lipinski definition) is 0. The van der Waals surface area contributed by atoms with Crippen molar-refractivity contribution in [3.8, 4) is 11.5 Å². The van der Waals surface area contributed by atoms with Crippen molar-refractivity contribution in [3.05, 3.63) is 78.6 Å². The highest BCUT2D eigenvalue weighted by Crippen LogP contribution is 2.23. The Balaban J connectivity index is 1.63. The zero-order chi connectivity index (χ0) is 17.5. The summed E-state index contributed by atoms with van der Waals surface area (Å²) in [7, 11) is 1.61. The molecule has 3 aromatic rings. The highest BCUT2D eigenvalue weighted by atomic mass is 16.5. The van der Waals surface area contributed by atoms with Crippen LogP contribution in [0, 0.1) is 0 Å². The van der Waals surface area contributed by atoms with E-state index in [-0.39, 0.29) is 0 Å². The smallest absolute Gasteiger partial charge is 0.343 e. The van der Waals surface area contributed by atoms with E-state index in [0.29, 0.717) is 22.7 Å². The van der Waals surface area contributed by atoms with Crippen LogP contribution in [0.4, 0.5) is 11.4 Å². The van der Waals surface area contributed by atoms with Gasteiger partial charge in [0.15, 0.2) is 0 Å². The summed E-state index contributed by atoms with van der Waals surface area (Å²) in [5.41, 5.74) is 1.81. The predicted molar refractivity (Wildman–Crippen MR) is 92.8 cm³/mol. The Morgan fingerprint density at radius 3 is 1.84 bits per heavy atom. The Labute approximate surface area is 144 Å². The maximum atomic E-state index is 12.0. The summed E-state index contributed by atoms with van der Waals surface area (Å²) in [6.07, 6.45) is 3.08. The molecule has 25 heavy (non-hydrogen) atoms. The minimum Gasteiger partial charge on any atom is -0.497 e. The monoisotopic (exact) mass is 333 g/mol. The molecular weight excluding hydrogens is 318 g/mol. The number of ether oxygens (including phenoxy) is 2. The van der Waals surface area contributed by atoms with E-state index in [1.807, 2.05) is 24.3 Å². The van der Waals surface area contributed by atoms with Gasteiger partial charge in [-0.25, -0.2) is 4.79 Å². The van der Waals surface area contributed by atoms with Gasteiger partial charge in [-0.15, -0.1) is 0 Å². The summed E-state index contributed by atoms with van der Waals surface area (Å²) in [5.74, 6) is 0.763. The van der Waals surface area contributed by atoms with Crippen LogP contribution in [0.15, 0.2) is 83.3 Å². The van der Waals surface area contributed by atoms with E-state index in [1.165, 1.54) is 0 Å². The topological polar surface area (TPSA) is 73.1 Å². The quantitative estimate of drug-likeness (QED) is 0.384. The van der Waals surface area contributed by atoms with E-state index in [4.69, 9.17) is 9.47 Å². The van der Waals surface area contributed by atoms with E-state index in [0.717, 1.165) is 5.75 Å². The Kier molecular flexibility index (Phi) is 5.11. The molecule has 0 aliphatic heterocycles. The Hall–Kier alpha value is -3.54. The highest BCUT2D eigenvalue weighted by molar-refractivity contribution is 5.90. The Morgan fingerprint density at radius 2 is 1.32 bits per heavy atom. The first-order valence-electron chi connectivity index (χ1n) is 7.53. The molecule has 0 atom stereocenters. The van der Waals surface area contributed by atoms with Crippen molar-refractivity contribution in [2.24, 2.45) is 10.2 Å². The van der Waals surface area contributed by atoms with Gasteiger partial charge in [0.1, 0.15) is 11.5 Å². The molecule has 1 heterocycles. The molecule has 0 unspecified atom stereocenters. The van der Waals surface area contributed by atoms with Gasteiger partial charge in [-0.2, -0.15) is 10.2 Å². The molecule has 1 aromatic heterocycles. The number of methoxy groups -OCH3 is 1. The van der Waals surface area contributed by atoms with E-state index >= 15 is 0 Å². The number of benzene rings is 2. The van der Waals surface area contributed by atoms with Crippen LogP contribution >= 0.6 is 0 Å². The summed E-state index contributed by atoms with van der Waals surface area (Å²) in [5, 5.41) is 8.29. The van der Waals surface area contributed by atoms with Crippen molar-refractivity contribution in [1.29, 1.82) is 0 Å². The number of hydrogen-bond acceptors (Lipinski definition) is 6. The fraction of sp³-hybridized carbons (Fsp3) is 0.0526. The zero-order valence-electron chi connectivity index (χ0n) is 13.5. The maximum absolute atomic E-state index is 12.0. The molecule has 0 N–H and O–H groups in total.